The first-order valence-corrected chi connectivity index (χ1v) is 5.63. The van der Waals surface area contributed by atoms with Gasteiger partial charge in [0, 0.05) is 6.92 Å². The van der Waals surface area contributed by atoms with E-state index in [1.54, 1.807) is 12.1 Å². The highest BCUT2D eigenvalue weighted by atomic mass is 79.9. The molecule has 1 N–H and O–H groups in total. The van der Waals surface area contributed by atoms with E-state index in [9.17, 15) is 13.6 Å². The van der Waals surface area contributed by atoms with Crippen LogP contribution in [0.15, 0.2) is 22.7 Å². The molecule has 1 aromatic rings. The van der Waals surface area contributed by atoms with Crippen molar-refractivity contribution in [2.24, 2.45) is 0 Å². The number of alkyl halides is 2. The van der Waals surface area contributed by atoms with Gasteiger partial charge in [0.1, 0.15) is 5.75 Å². The first-order valence-electron chi connectivity index (χ1n) is 4.83. The Morgan fingerprint density at radius 2 is 2.18 bits per heavy atom. The zero-order valence-electron chi connectivity index (χ0n) is 9.39. The van der Waals surface area contributed by atoms with E-state index in [1.165, 1.54) is 13.2 Å². The lowest BCUT2D eigenvalue weighted by Crippen LogP contribution is -2.34. The van der Waals surface area contributed by atoms with Crippen LogP contribution in [0.2, 0.25) is 0 Å². The van der Waals surface area contributed by atoms with Crippen LogP contribution >= 0.6 is 15.9 Å². The van der Waals surface area contributed by atoms with Crippen molar-refractivity contribution in [1.82, 2.24) is 5.32 Å². The summed E-state index contributed by atoms with van der Waals surface area (Å²) in [4.78, 5) is 11.7. The first-order chi connectivity index (χ1) is 7.85. The lowest BCUT2D eigenvalue weighted by molar-refractivity contribution is 0.0221. The quantitative estimate of drug-likeness (QED) is 0.929. The molecule has 0 aliphatic carbocycles. The molecule has 0 saturated heterocycles. The minimum absolute atomic E-state index is 0.258. The molecule has 1 rings (SSSR count). The average molecular weight is 308 g/mol. The lowest BCUT2D eigenvalue weighted by Gasteiger charge is -2.13. The number of hydrogen-bond donors (Lipinski definition) is 1. The summed E-state index contributed by atoms with van der Waals surface area (Å²) in [5.41, 5.74) is 0.258. The average Bonchev–Trinajstić information content (AvgIpc) is 2.25. The van der Waals surface area contributed by atoms with E-state index in [4.69, 9.17) is 4.74 Å². The maximum atomic E-state index is 12.6. The highest BCUT2D eigenvalue weighted by Crippen LogP contribution is 2.28. The number of carbonyl (C=O) groups excluding carboxylic acids is 1. The minimum Gasteiger partial charge on any atom is -0.496 e. The van der Waals surface area contributed by atoms with Gasteiger partial charge in [-0.15, -0.1) is 0 Å². The molecule has 6 heteroatoms. The number of halogens is 3. The number of nitrogens with one attached hydrogen (secondary N) is 1. The van der Waals surface area contributed by atoms with Crippen LogP contribution < -0.4 is 10.1 Å². The molecule has 0 bridgehead atoms. The summed E-state index contributed by atoms with van der Waals surface area (Å²) in [6, 6.07) is 4.80. The Morgan fingerprint density at radius 1 is 1.53 bits per heavy atom. The minimum atomic E-state index is -2.93. The Bertz CT molecular complexity index is 418. The van der Waals surface area contributed by atoms with Crippen LogP contribution in [0.5, 0.6) is 5.75 Å². The van der Waals surface area contributed by atoms with E-state index < -0.39 is 18.4 Å². The number of methoxy groups -OCH3 is 1. The third kappa shape index (κ3) is 3.96. The second-order valence-electron chi connectivity index (χ2n) is 3.57. The van der Waals surface area contributed by atoms with Gasteiger partial charge in [0.15, 0.2) is 0 Å². The number of carbonyl (C=O) groups is 1. The van der Waals surface area contributed by atoms with Gasteiger partial charge in [-0.1, -0.05) is 6.07 Å². The molecule has 1 aromatic carbocycles. The zero-order valence-corrected chi connectivity index (χ0v) is 11.0. The Hall–Kier alpha value is -1.17. The van der Waals surface area contributed by atoms with Gasteiger partial charge in [0.05, 0.1) is 23.7 Å². The van der Waals surface area contributed by atoms with Crippen LogP contribution in [-0.2, 0) is 0 Å². The molecular weight excluding hydrogens is 296 g/mol. The number of rotatable bonds is 4. The van der Waals surface area contributed by atoms with Crippen molar-refractivity contribution in [3.63, 3.8) is 0 Å². The molecule has 0 saturated carbocycles. The summed E-state index contributed by atoms with van der Waals surface area (Å²) < 4.78 is 30.6. The van der Waals surface area contributed by atoms with Crippen LogP contribution in [0.4, 0.5) is 8.78 Å². The molecule has 17 heavy (non-hydrogen) atoms. The van der Waals surface area contributed by atoms with Crippen molar-refractivity contribution >= 4 is 21.8 Å². The molecular formula is C11H12BrF2NO2. The molecule has 0 spiro atoms. The van der Waals surface area contributed by atoms with Gasteiger partial charge in [0.2, 0.25) is 0 Å². The predicted molar refractivity (Wildman–Crippen MR) is 63.6 cm³/mol. The maximum Gasteiger partial charge on any atom is 0.262 e. The fourth-order valence-corrected chi connectivity index (χ4v) is 1.78. The van der Waals surface area contributed by atoms with Crippen LogP contribution in [0.1, 0.15) is 17.3 Å². The van der Waals surface area contributed by atoms with Crippen LogP contribution in [0.3, 0.4) is 0 Å². The highest BCUT2D eigenvalue weighted by Gasteiger charge is 2.23. The molecule has 0 radical (unpaired) electrons. The molecule has 3 nitrogen and oxygen atoms in total. The predicted octanol–water partition coefficient (Wildman–Crippen LogP) is 2.84. The molecule has 0 aliphatic heterocycles. The number of benzene rings is 1. The Morgan fingerprint density at radius 3 is 2.71 bits per heavy atom. The van der Waals surface area contributed by atoms with E-state index in [1.807, 2.05) is 0 Å². The summed E-state index contributed by atoms with van der Waals surface area (Å²) in [5, 5.41) is 2.16. The maximum absolute atomic E-state index is 12.6. The summed E-state index contributed by atoms with van der Waals surface area (Å²) >= 11 is 3.19. The van der Waals surface area contributed by atoms with Crippen molar-refractivity contribution in [2.45, 2.75) is 12.8 Å². The number of ether oxygens (including phenoxy) is 1. The van der Waals surface area contributed by atoms with Crippen LogP contribution in [-0.4, -0.2) is 25.5 Å². The fraction of sp³-hybridized carbons (Fsp3) is 0.364. The number of hydrogen-bond acceptors (Lipinski definition) is 2. The van der Waals surface area contributed by atoms with Gasteiger partial charge in [-0.2, -0.15) is 0 Å². The standard InChI is InChI=1S/C11H12BrF2NO2/c1-11(13,14)6-15-10(16)7-4-3-5-8(17-2)9(7)12/h3-5H,6H2,1-2H3,(H,15,16). The molecule has 0 unspecified atom stereocenters. The molecule has 0 aromatic heterocycles. The second kappa shape index (κ2) is 5.44. The highest BCUT2D eigenvalue weighted by molar-refractivity contribution is 9.10. The van der Waals surface area contributed by atoms with E-state index in [-0.39, 0.29) is 5.56 Å². The largest absolute Gasteiger partial charge is 0.496 e. The van der Waals surface area contributed by atoms with E-state index in [2.05, 4.69) is 21.2 Å². The molecule has 1 amide bonds. The van der Waals surface area contributed by atoms with Crippen molar-refractivity contribution in [1.29, 1.82) is 0 Å². The van der Waals surface area contributed by atoms with Crippen molar-refractivity contribution in [3.05, 3.63) is 28.2 Å². The van der Waals surface area contributed by atoms with Gasteiger partial charge in [-0.05, 0) is 28.1 Å². The van der Waals surface area contributed by atoms with Crippen LogP contribution in [0.25, 0.3) is 0 Å². The fourth-order valence-electron chi connectivity index (χ4n) is 1.17. The van der Waals surface area contributed by atoms with E-state index in [0.29, 0.717) is 10.2 Å². The SMILES string of the molecule is COc1cccc(C(=O)NCC(C)(F)F)c1Br. The van der Waals surface area contributed by atoms with Gasteiger partial charge in [0.25, 0.3) is 11.8 Å². The number of amides is 1. The lowest BCUT2D eigenvalue weighted by atomic mass is 10.2. The summed E-state index contributed by atoms with van der Waals surface area (Å²) in [6.07, 6.45) is 0. The van der Waals surface area contributed by atoms with E-state index in [0.717, 1.165) is 6.92 Å². The topological polar surface area (TPSA) is 38.3 Å². The summed E-state index contributed by atoms with van der Waals surface area (Å²) in [7, 11) is 1.46. The third-order valence-corrected chi connectivity index (χ3v) is 2.81. The van der Waals surface area contributed by atoms with Gasteiger partial charge in [-0.3, -0.25) is 4.79 Å². The van der Waals surface area contributed by atoms with Crippen LogP contribution in [0, 0.1) is 0 Å². The Balaban J connectivity index is 2.83. The molecule has 94 valence electrons. The Kier molecular flexibility index (Phi) is 4.45. The second-order valence-corrected chi connectivity index (χ2v) is 4.37. The van der Waals surface area contributed by atoms with Crippen molar-refractivity contribution < 1.29 is 18.3 Å². The molecule has 0 atom stereocenters. The summed E-state index contributed by atoms with van der Waals surface area (Å²) in [5.74, 6) is -3.03. The van der Waals surface area contributed by atoms with Gasteiger partial charge < -0.3 is 10.1 Å². The third-order valence-electron chi connectivity index (χ3n) is 1.99. The smallest absolute Gasteiger partial charge is 0.262 e. The monoisotopic (exact) mass is 307 g/mol. The van der Waals surface area contributed by atoms with Gasteiger partial charge in [-0.25, -0.2) is 8.78 Å². The first kappa shape index (κ1) is 13.9. The molecule has 0 aliphatic rings. The molecule has 0 heterocycles. The zero-order chi connectivity index (χ0) is 13.1. The molecule has 0 fully saturated rings. The van der Waals surface area contributed by atoms with Gasteiger partial charge >= 0.3 is 0 Å². The normalized spacial score (nSPS) is 11.1. The summed E-state index contributed by atoms with van der Waals surface area (Å²) in [6.45, 7) is 0.0450. The van der Waals surface area contributed by atoms with Crippen molar-refractivity contribution in [3.8, 4) is 5.75 Å². The Labute approximate surface area is 106 Å². The van der Waals surface area contributed by atoms with Crippen molar-refractivity contribution in [2.75, 3.05) is 13.7 Å². The van der Waals surface area contributed by atoms with E-state index >= 15 is 0 Å².